The molecule has 1 fully saturated rings. The smallest absolute Gasteiger partial charge is 0.350 e. The highest BCUT2D eigenvalue weighted by Crippen LogP contribution is 2.40. The lowest BCUT2D eigenvalue weighted by atomic mass is 10.0. The fraction of sp³-hybridized carbons (Fsp3) is 0.591. The third-order valence-corrected chi connectivity index (χ3v) is 8.90. The molecule has 0 atom stereocenters. The fourth-order valence-electron chi connectivity index (χ4n) is 4.33. The van der Waals surface area contributed by atoms with Crippen LogP contribution in [0.15, 0.2) is 23.1 Å². The highest BCUT2D eigenvalue weighted by Gasteiger charge is 2.35. The van der Waals surface area contributed by atoms with Crippen LogP contribution in [0.25, 0.3) is 11.3 Å². The van der Waals surface area contributed by atoms with Crippen LogP contribution in [0.3, 0.4) is 0 Å². The average Bonchev–Trinajstić information content (AvgIpc) is 3.46. The van der Waals surface area contributed by atoms with Crippen LogP contribution in [0.4, 0.5) is 13.2 Å². The summed E-state index contributed by atoms with van der Waals surface area (Å²) in [7, 11) is -7.23. The van der Waals surface area contributed by atoms with Crippen molar-refractivity contribution in [1.29, 1.82) is 0 Å². The van der Waals surface area contributed by atoms with Crippen LogP contribution in [-0.4, -0.2) is 81.8 Å². The Morgan fingerprint density at radius 3 is 2.50 bits per heavy atom. The summed E-state index contributed by atoms with van der Waals surface area (Å²) in [5, 5.41) is 4.69. The number of fused-ring (bicyclic) bond motifs is 1. The normalized spacial score (nSPS) is 17.7. The molecule has 2 aromatic rings. The molecule has 0 radical (unpaired) electrons. The molecule has 2 aliphatic rings. The minimum absolute atomic E-state index is 0.0323. The number of ether oxygens (including phenoxy) is 2. The van der Waals surface area contributed by atoms with Gasteiger partial charge in [0.05, 0.1) is 43.6 Å². The minimum atomic E-state index is -4.63. The number of hydrogen-bond acceptors (Lipinski definition) is 9. The Morgan fingerprint density at radius 2 is 1.87 bits per heavy atom. The van der Waals surface area contributed by atoms with Crippen LogP contribution in [0, 0.1) is 0 Å². The molecular formula is C22H28F3N3O7S3. The van der Waals surface area contributed by atoms with Gasteiger partial charge in [-0.15, -0.1) is 11.8 Å². The zero-order chi connectivity index (χ0) is 27.7. The predicted molar refractivity (Wildman–Crippen MR) is 133 cm³/mol. The fourth-order valence-corrected chi connectivity index (χ4v) is 6.54. The zero-order valence-corrected chi connectivity index (χ0v) is 23.2. The quantitative estimate of drug-likeness (QED) is 0.231. The first kappa shape index (κ1) is 29.3. The zero-order valence-electron chi connectivity index (χ0n) is 20.7. The summed E-state index contributed by atoms with van der Waals surface area (Å²) in [5.74, 6) is -0.0323. The second kappa shape index (κ2) is 11.4. The van der Waals surface area contributed by atoms with Crippen LogP contribution >= 0.6 is 11.8 Å². The average molecular weight is 600 g/mol. The van der Waals surface area contributed by atoms with E-state index >= 15 is 0 Å². The van der Waals surface area contributed by atoms with E-state index < -0.39 is 31.9 Å². The number of alkyl halides is 3. The second-order valence-corrected chi connectivity index (χ2v) is 13.6. The molecule has 0 bridgehead atoms. The first-order valence-electron chi connectivity index (χ1n) is 11.7. The first-order chi connectivity index (χ1) is 17.7. The molecule has 0 amide bonds. The van der Waals surface area contributed by atoms with Crippen molar-refractivity contribution in [1.82, 2.24) is 14.1 Å². The number of hydrogen-bond donors (Lipinski definition) is 0. The van der Waals surface area contributed by atoms with E-state index in [9.17, 15) is 30.0 Å². The first-order valence-corrected chi connectivity index (χ1v) is 16.3. The summed E-state index contributed by atoms with van der Waals surface area (Å²) in [5.41, 5.74) is 1.36. The maximum atomic E-state index is 13.7. The summed E-state index contributed by atoms with van der Waals surface area (Å²) >= 11 is 0.816. The maximum Gasteiger partial charge on any atom is 0.417 e. The van der Waals surface area contributed by atoms with E-state index in [2.05, 4.69) is 4.18 Å². The Kier molecular flexibility index (Phi) is 8.81. The molecule has 1 aromatic heterocycles. The van der Waals surface area contributed by atoms with Gasteiger partial charge in [-0.25, -0.2) is 8.42 Å². The van der Waals surface area contributed by atoms with Gasteiger partial charge in [-0.1, -0.05) is 6.07 Å². The van der Waals surface area contributed by atoms with Crippen molar-refractivity contribution < 1.29 is 43.7 Å². The van der Waals surface area contributed by atoms with E-state index in [4.69, 9.17) is 14.6 Å². The van der Waals surface area contributed by atoms with E-state index in [0.29, 0.717) is 49.4 Å². The minimum Gasteiger partial charge on any atom is -0.350 e. The third-order valence-electron chi connectivity index (χ3n) is 6.03. The van der Waals surface area contributed by atoms with Crippen molar-refractivity contribution in [2.75, 3.05) is 44.6 Å². The number of benzene rings is 1. The van der Waals surface area contributed by atoms with Gasteiger partial charge < -0.3 is 9.47 Å². The van der Waals surface area contributed by atoms with Crippen LogP contribution < -0.4 is 0 Å². The topological polar surface area (TPSA) is 117 Å². The van der Waals surface area contributed by atoms with Crippen molar-refractivity contribution in [3.05, 3.63) is 35.0 Å². The lowest BCUT2D eigenvalue weighted by molar-refractivity contribution is -0.139. The third kappa shape index (κ3) is 7.28. The molecule has 16 heteroatoms. The van der Waals surface area contributed by atoms with Crippen molar-refractivity contribution in [2.45, 2.75) is 43.3 Å². The van der Waals surface area contributed by atoms with Gasteiger partial charge in [0.15, 0.2) is 6.29 Å². The van der Waals surface area contributed by atoms with Gasteiger partial charge in [-0.2, -0.15) is 31.0 Å². The van der Waals surface area contributed by atoms with Crippen LogP contribution in [0.1, 0.15) is 23.2 Å². The molecule has 2 aliphatic heterocycles. The lowest BCUT2D eigenvalue weighted by Crippen LogP contribution is -2.35. The number of sulfonamides is 1. The molecule has 3 heterocycles. The van der Waals surface area contributed by atoms with E-state index in [-0.39, 0.29) is 36.6 Å². The molecule has 38 heavy (non-hydrogen) atoms. The highest BCUT2D eigenvalue weighted by atomic mass is 32.2. The Labute approximate surface area is 223 Å². The summed E-state index contributed by atoms with van der Waals surface area (Å²) in [6.07, 6.45) is -2.12. The Morgan fingerprint density at radius 1 is 1.16 bits per heavy atom. The number of nitrogens with zero attached hydrogens (tertiary/aromatic N) is 3. The van der Waals surface area contributed by atoms with Gasteiger partial charge in [0.1, 0.15) is 0 Å². The summed E-state index contributed by atoms with van der Waals surface area (Å²) in [6.45, 7) is 1.45. The summed E-state index contributed by atoms with van der Waals surface area (Å²) < 4.78 is 107. The van der Waals surface area contributed by atoms with Crippen LogP contribution in [0.2, 0.25) is 0 Å². The largest absolute Gasteiger partial charge is 0.417 e. The standard InChI is InChI=1S/C22H28F3N3O7S3/c1-37(29,30)27-7-5-18-16(14-27)21(26-28(18)8-6-20-33-9-10-34-20)15-3-4-17(22(23,24)25)19(13-15)36-12-11-35-38(2,31)32/h3-4,13,20H,5-12,14H2,1-2H3. The molecule has 1 saturated heterocycles. The summed E-state index contributed by atoms with van der Waals surface area (Å²) in [6, 6.07) is 3.62. The van der Waals surface area contributed by atoms with Gasteiger partial charge in [0.2, 0.25) is 10.0 Å². The molecule has 0 saturated carbocycles. The second-order valence-electron chi connectivity index (χ2n) is 8.89. The van der Waals surface area contributed by atoms with E-state index in [0.717, 1.165) is 36.0 Å². The Balaban J connectivity index is 1.69. The molecule has 4 rings (SSSR count). The number of rotatable bonds is 10. The summed E-state index contributed by atoms with van der Waals surface area (Å²) in [4.78, 5) is -0.112. The van der Waals surface area contributed by atoms with E-state index in [1.165, 1.54) is 16.4 Å². The van der Waals surface area contributed by atoms with Crippen molar-refractivity contribution in [3.63, 3.8) is 0 Å². The maximum absolute atomic E-state index is 13.7. The van der Waals surface area contributed by atoms with Crippen molar-refractivity contribution >= 4 is 31.9 Å². The SMILES string of the molecule is CS(=O)(=O)OCCSc1cc(-c2nn(CCC3OCCO3)c3c2CN(S(C)(=O)=O)CC3)ccc1C(F)(F)F. The van der Waals surface area contributed by atoms with Crippen LogP contribution in [0.5, 0.6) is 0 Å². The molecule has 0 spiro atoms. The Hall–Kier alpha value is -1.69. The molecule has 0 unspecified atom stereocenters. The number of halogens is 3. The number of thioether (sulfide) groups is 1. The number of aromatic nitrogens is 2. The Bertz CT molecular complexity index is 1370. The van der Waals surface area contributed by atoms with Gasteiger partial charge in [-0.3, -0.25) is 8.86 Å². The molecule has 0 N–H and O–H groups in total. The highest BCUT2D eigenvalue weighted by molar-refractivity contribution is 7.99. The van der Waals surface area contributed by atoms with Gasteiger partial charge >= 0.3 is 6.18 Å². The molecule has 10 nitrogen and oxygen atoms in total. The van der Waals surface area contributed by atoms with E-state index in [1.807, 2.05) is 0 Å². The molecule has 212 valence electrons. The predicted octanol–water partition coefficient (Wildman–Crippen LogP) is 2.72. The molecule has 1 aromatic carbocycles. The monoisotopic (exact) mass is 599 g/mol. The van der Waals surface area contributed by atoms with Gasteiger partial charge in [-0.05, 0) is 12.1 Å². The van der Waals surface area contributed by atoms with Gasteiger partial charge in [0, 0.05) is 59.9 Å². The van der Waals surface area contributed by atoms with E-state index in [1.54, 1.807) is 4.68 Å². The van der Waals surface area contributed by atoms with Crippen LogP contribution in [-0.2, 0) is 59.5 Å². The molecule has 0 aliphatic carbocycles. The van der Waals surface area contributed by atoms with Gasteiger partial charge in [0.25, 0.3) is 10.1 Å². The number of aryl methyl sites for hydroxylation is 1. The lowest BCUT2D eigenvalue weighted by Gasteiger charge is -2.26. The van der Waals surface area contributed by atoms with Crippen molar-refractivity contribution in [3.8, 4) is 11.3 Å². The van der Waals surface area contributed by atoms with Crippen molar-refractivity contribution in [2.24, 2.45) is 0 Å². The molecular weight excluding hydrogens is 571 g/mol.